The third-order valence-electron chi connectivity index (χ3n) is 3.32. The first-order valence-corrected chi connectivity index (χ1v) is 10.0. The van der Waals surface area contributed by atoms with Gasteiger partial charge in [0.1, 0.15) is 0 Å². The van der Waals surface area contributed by atoms with E-state index in [2.05, 4.69) is 53.7 Å². The van der Waals surface area contributed by atoms with Gasteiger partial charge in [0.05, 0.1) is 0 Å². The molecular weight excluding hydrogens is 410 g/mol. The fraction of sp³-hybridized carbons (Fsp3) is 0.423. The minimum Gasteiger partial charge on any atom is -0.373 e. The van der Waals surface area contributed by atoms with Crippen LogP contribution >= 0.6 is 0 Å². The second kappa shape index (κ2) is 32.6. The standard InChI is InChI=1S/C12H20.2C5H5.C4H9.Li.Zr/c1-5-9-11(7-3)12(8-4)10-6-2;2*1-2-4-5-3-1;1-3-4-2;;/h5-8H2,1-4H3;2*1-5H;1,3-4H2,2H3;;/q-2;;;-1;+1;+2. The van der Waals surface area contributed by atoms with Crippen LogP contribution in [0.5, 0.6) is 0 Å². The van der Waals surface area contributed by atoms with Crippen LogP contribution in [0, 0.1) is 83.3 Å². The van der Waals surface area contributed by atoms with Crippen LogP contribution in [0.4, 0.5) is 0 Å². The van der Waals surface area contributed by atoms with E-state index in [1.807, 2.05) is 64.2 Å². The molecule has 0 atom stereocenters. The summed E-state index contributed by atoms with van der Waals surface area (Å²) in [5, 5.41) is 0. The van der Waals surface area contributed by atoms with Crippen molar-refractivity contribution in [3.05, 3.63) is 94.4 Å². The van der Waals surface area contributed by atoms with Crippen molar-refractivity contribution < 1.29 is 45.1 Å². The molecule has 148 valence electrons. The Kier molecular flexibility index (Phi) is 42.3. The molecule has 0 N–H and O–H groups in total. The maximum atomic E-state index is 3.60. The zero-order valence-electron chi connectivity index (χ0n) is 19.2. The minimum absolute atomic E-state index is 0. The van der Waals surface area contributed by atoms with Crippen LogP contribution in [0.2, 0.25) is 0 Å². The maximum Gasteiger partial charge on any atom is 2.00 e. The van der Waals surface area contributed by atoms with Gasteiger partial charge in [-0.2, -0.15) is 6.42 Å². The van der Waals surface area contributed by atoms with E-state index in [0.29, 0.717) is 0 Å². The Morgan fingerprint density at radius 2 is 0.821 bits per heavy atom. The van der Waals surface area contributed by atoms with E-state index >= 15 is 0 Å². The molecule has 2 rings (SSSR count). The third kappa shape index (κ3) is 27.0. The summed E-state index contributed by atoms with van der Waals surface area (Å²) >= 11 is 0. The van der Waals surface area contributed by atoms with Gasteiger partial charge in [0.2, 0.25) is 0 Å². The molecule has 28 heavy (non-hydrogen) atoms. The van der Waals surface area contributed by atoms with Crippen molar-refractivity contribution >= 4 is 0 Å². The number of unbranched alkanes of at least 4 members (excludes halogenated alkanes) is 1. The molecule has 2 aliphatic carbocycles. The molecule has 0 bridgehead atoms. The van der Waals surface area contributed by atoms with E-state index in [4.69, 9.17) is 0 Å². The van der Waals surface area contributed by atoms with Crippen molar-refractivity contribution in [1.29, 1.82) is 0 Å². The molecule has 10 radical (unpaired) electrons. The second-order valence-corrected chi connectivity index (χ2v) is 5.50. The van der Waals surface area contributed by atoms with Crippen LogP contribution in [0.15, 0.2) is 11.1 Å². The van der Waals surface area contributed by atoms with E-state index in [1.165, 1.54) is 17.6 Å². The first-order valence-electron chi connectivity index (χ1n) is 10.0. The average molecular weight is 450 g/mol. The van der Waals surface area contributed by atoms with E-state index in [-0.39, 0.29) is 45.1 Å². The summed E-state index contributed by atoms with van der Waals surface area (Å²) in [6.07, 6.45) is 33.2. The Hall–Kier alpha value is 0.961. The maximum absolute atomic E-state index is 3.60. The Bertz CT molecular complexity index is 265. The molecular formula is C26H39LiZr. The number of hydrogen-bond acceptors (Lipinski definition) is 0. The SMILES string of the molecule is CC[C-]=C(CC)C(=[C-]CC)CC.[CH2-]CCC.[CH]1[CH][CH][CH][CH]1.[CH]1[CH][CH][CH][CH]1.[Li+].[Zr+2]. The zero-order chi connectivity index (χ0) is 19.9. The molecule has 0 unspecified atom stereocenters. The number of hydrogen-bond donors (Lipinski definition) is 0. The summed E-state index contributed by atoms with van der Waals surface area (Å²) in [4.78, 5) is 0. The molecule has 2 aliphatic rings. The fourth-order valence-electron chi connectivity index (χ4n) is 1.96. The van der Waals surface area contributed by atoms with Gasteiger partial charge < -0.3 is 30.2 Å². The van der Waals surface area contributed by atoms with Gasteiger partial charge in [0.25, 0.3) is 0 Å². The monoisotopic (exact) mass is 448 g/mol. The summed E-state index contributed by atoms with van der Waals surface area (Å²) < 4.78 is 0. The van der Waals surface area contributed by atoms with Crippen molar-refractivity contribution in [3.8, 4) is 0 Å². The third-order valence-corrected chi connectivity index (χ3v) is 3.32. The zero-order valence-corrected chi connectivity index (χ0v) is 21.7. The van der Waals surface area contributed by atoms with Crippen molar-refractivity contribution in [2.75, 3.05) is 0 Å². The molecule has 0 aromatic rings. The molecule has 0 aliphatic heterocycles. The molecule has 0 aromatic carbocycles. The summed E-state index contributed by atoms with van der Waals surface area (Å²) in [6.45, 7) is 14.4. The first-order chi connectivity index (χ1) is 12.7. The van der Waals surface area contributed by atoms with Crippen molar-refractivity contribution in [1.82, 2.24) is 0 Å². The normalized spacial score (nSPS) is 15.5. The van der Waals surface area contributed by atoms with Crippen LogP contribution < -0.4 is 18.9 Å². The Labute approximate surface area is 211 Å². The van der Waals surface area contributed by atoms with Gasteiger partial charge >= 0.3 is 45.1 Å². The molecule has 0 saturated heterocycles. The van der Waals surface area contributed by atoms with E-state index in [1.54, 1.807) is 0 Å². The van der Waals surface area contributed by atoms with Crippen molar-refractivity contribution in [2.45, 2.75) is 73.1 Å². The van der Waals surface area contributed by atoms with Crippen molar-refractivity contribution in [3.63, 3.8) is 0 Å². The van der Waals surface area contributed by atoms with Gasteiger partial charge in [-0.25, -0.2) is 0 Å². The van der Waals surface area contributed by atoms with Crippen molar-refractivity contribution in [2.24, 2.45) is 0 Å². The molecule has 2 saturated carbocycles. The number of rotatable bonds is 6. The summed E-state index contributed by atoms with van der Waals surface area (Å²) in [5.41, 5.74) is 2.73. The predicted molar refractivity (Wildman–Crippen MR) is 118 cm³/mol. The summed E-state index contributed by atoms with van der Waals surface area (Å²) in [6, 6.07) is 0. The predicted octanol–water partition coefficient (Wildman–Crippen LogP) is 4.75. The van der Waals surface area contributed by atoms with Gasteiger partial charge in [-0.1, -0.05) is 41.0 Å². The Morgan fingerprint density at radius 3 is 0.929 bits per heavy atom. The van der Waals surface area contributed by atoms with Gasteiger partial charge in [0.15, 0.2) is 0 Å². The van der Waals surface area contributed by atoms with Crippen LogP contribution in [-0.2, 0) is 26.2 Å². The molecule has 0 aromatic heterocycles. The van der Waals surface area contributed by atoms with E-state index in [0.717, 1.165) is 32.1 Å². The fourth-order valence-corrected chi connectivity index (χ4v) is 1.96. The molecule has 2 fully saturated rings. The summed E-state index contributed by atoms with van der Waals surface area (Å²) in [5.74, 6) is 0. The van der Waals surface area contributed by atoms with Crippen LogP contribution in [0.3, 0.4) is 0 Å². The van der Waals surface area contributed by atoms with Gasteiger partial charge in [0, 0.05) is 0 Å². The van der Waals surface area contributed by atoms with Gasteiger partial charge in [-0.3, -0.25) is 0 Å². The van der Waals surface area contributed by atoms with Crippen LogP contribution in [0.25, 0.3) is 0 Å². The van der Waals surface area contributed by atoms with E-state index in [9.17, 15) is 0 Å². The average Bonchev–Trinajstić information content (AvgIpc) is 3.43. The minimum atomic E-state index is 0. The van der Waals surface area contributed by atoms with E-state index < -0.39 is 0 Å². The number of allylic oxidation sites excluding steroid dienone is 4. The molecule has 0 heterocycles. The topological polar surface area (TPSA) is 0 Å². The smallest absolute Gasteiger partial charge is 0.373 e. The molecule has 2 heteroatoms. The van der Waals surface area contributed by atoms with Crippen LogP contribution in [-0.4, -0.2) is 0 Å². The molecule has 0 amide bonds. The van der Waals surface area contributed by atoms with Gasteiger partial charge in [-0.15, -0.1) is 25.7 Å². The second-order valence-electron chi connectivity index (χ2n) is 5.50. The molecule has 0 spiro atoms. The Balaban J connectivity index is -0.000000150. The largest absolute Gasteiger partial charge is 2.00 e. The Morgan fingerprint density at radius 1 is 0.607 bits per heavy atom. The molecule has 0 nitrogen and oxygen atoms in total. The summed E-state index contributed by atoms with van der Waals surface area (Å²) in [7, 11) is 0. The van der Waals surface area contributed by atoms with Crippen LogP contribution in [0.1, 0.15) is 73.1 Å². The quantitative estimate of drug-likeness (QED) is 0.312. The van der Waals surface area contributed by atoms with Gasteiger partial charge in [-0.05, 0) is 64.2 Å². The first kappa shape index (κ1) is 36.3.